The van der Waals surface area contributed by atoms with E-state index in [1.165, 1.54) is 13.0 Å². The number of methoxy groups -OCH3 is 1. The first-order chi connectivity index (χ1) is 11.9. The Kier molecular flexibility index (Phi) is 6.20. The molecular weight excluding hydrogens is 354 g/mol. The summed E-state index contributed by atoms with van der Waals surface area (Å²) in [6.07, 6.45) is 0. The van der Waals surface area contributed by atoms with Gasteiger partial charge in [0.2, 0.25) is 0 Å². The highest BCUT2D eigenvalue weighted by molar-refractivity contribution is 6.32. The van der Waals surface area contributed by atoms with Gasteiger partial charge >= 0.3 is 11.9 Å². The third kappa shape index (κ3) is 4.60. The van der Waals surface area contributed by atoms with E-state index in [1.54, 1.807) is 31.4 Å². The van der Waals surface area contributed by atoms with Crippen LogP contribution in [0.2, 0.25) is 5.02 Å². The van der Waals surface area contributed by atoms with Crippen molar-refractivity contribution in [2.24, 2.45) is 0 Å². The standard InChI is InChI=1S/C18H17ClF2O4/c1-3-24-17(22)18(20,21)13-6-9-15(19)16(10-13)25-11-12-4-7-14(23-2)8-5-12/h4-10H,3,11H2,1-2H3. The van der Waals surface area contributed by atoms with Crippen LogP contribution in [0.3, 0.4) is 0 Å². The maximum absolute atomic E-state index is 14.1. The van der Waals surface area contributed by atoms with Crippen molar-refractivity contribution in [2.75, 3.05) is 13.7 Å². The minimum Gasteiger partial charge on any atom is -0.497 e. The fourth-order valence-corrected chi connectivity index (χ4v) is 2.20. The zero-order valence-corrected chi connectivity index (χ0v) is 14.5. The summed E-state index contributed by atoms with van der Waals surface area (Å²) in [6.45, 7) is 1.44. The van der Waals surface area contributed by atoms with Gasteiger partial charge in [0, 0.05) is 5.56 Å². The Hall–Kier alpha value is -2.34. The highest BCUT2D eigenvalue weighted by atomic mass is 35.5. The van der Waals surface area contributed by atoms with Crippen LogP contribution in [0.15, 0.2) is 42.5 Å². The summed E-state index contributed by atoms with van der Waals surface area (Å²) < 4.78 is 43.2. The largest absolute Gasteiger partial charge is 0.497 e. The maximum atomic E-state index is 14.1. The molecule has 0 saturated carbocycles. The summed E-state index contributed by atoms with van der Waals surface area (Å²) in [5.74, 6) is -4.64. The van der Waals surface area contributed by atoms with E-state index < -0.39 is 17.5 Å². The number of benzene rings is 2. The number of esters is 1. The molecule has 0 aliphatic heterocycles. The second-order valence-electron chi connectivity index (χ2n) is 5.08. The molecule has 0 heterocycles. The van der Waals surface area contributed by atoms with E-state index in [2.05, 4.69) is 4.74 Å². The predicted octanol–water partition coefficient (Wildman–Crippen LogP) is 4.58. The molecule has 0 N–H and O–H groups in total. The highest BCUT2D eigenvalue weighted by Crippen LogP contribution is 2.35. The van der Waals surface area contributed by atoms with Crippen molar-refractivity contribution in [3.05, 3.63) is 58.6 Å². The van der Waals surface area contributed by atoms with E-state index in [-0.39, 0.29) is 24.0 Å². The smallest absolute Gasteiger partial charge is 0.381 e. The van der Waals surface area contributed by atoms with Gasteiger partial charge in [0.05, 0.1) is 18.7 Å². The highest BCUT2D eigenvalue weighted by Gasteiger charge is 2.43. The molecule has 0 atom stereocenters. The molecule has 0 saturated heterocycles. The Balaban J connectivity index is 2.16. The molecule has 0 spiro atoms. The number of carbonyl (C=O) groups excluding carboxylic acids is 1. The Labute approximate surface area is 149 Å². The molecule has 134 valence electrons. The fraction of sp³-hybridized carbons (Fsp3) is 0.278. The summed E-state index contributed by atoms with van der Waals surface area (Å²) in [4.78, 5) is 11.4. The number of ether oxygens (including phenoxy) is 3. The number of halogens is 3. The lowest BCUT2D eigenvalue weighted by molar-refractivity contribution is -0.173. The van der Waals surface area contributed by atoms with Crippen molar-refractivity contribution in [2.45, 2.75) is 19.5 Å². The number of carbonyl (C=O) groups is 1. The third-order valence-electron chi connectivity index (χ3n) is 3.38. The van der Waals surface area contributed by atoms with Gasteiger partial charge in [0.15, 0.2) is 0 Å². The minimum atomic E-state index is -3.78. The molecule has 25 heavy (non-hydrogen) atoms. The van der Waals surface area contributed by atoms with Gasteiger partial charge in [0.1, 0.15) is 18.1 Å². The van der Waals surface area contributed by atoms with Crippen molar-refractivity contribution < 1.29 is 27.8 Å². The van der Waals surface area contributed by atoms with Crippen LogP contribution in [0.4, 0.5) is 8.78 Å². The van der Waals surface area contributed by atoms with E-state index in [1.807, 2.05) is 0 Å². The molecule has 0 radical (unpaired) electrons. The Morgan fingerprint density at radius 2 is 1.84 bits per heavy atom. The molecule has 2 aromatic rings. The number of hydrogen-bond acceptors (Lipinski definition) is 4. The molecule has 0 fully saturated rings. The lowest BCUT2D eigenvalue weighted by Gasteiger charge is -2.17. The van der Waals surface area contributed by atoms with Crippen molar-refractivity contribution in [3.63, 3.8) is 0 Å². The number of hydrogen-bond donors (Lipinski definition) is 0. The normalized spacial score (nSPS) is 11.1. The molecule has 0 bridgehead atoms. The zero-order chi connectivity index (χ0) is 18.4. The molecule has 2 aromatic carbocycles. The first-order valence-electron chi connectivity index (χ1n) is 7.49. The molecular formula is C18H17ClF2O4. The average Bonchev–Trinajstić information content (AvgIpc) is 2.61. The molecule has 4 nitrogen and oxygen atoms in total. The quantitative estimate of drug-likeness (QED) is 0.669. The van der Waals surface area contributed by atoms with Gasteiger partial charge < -0.3 is 14.2 Å². The monoisotopic (exact) mass is 370 g/mol. The van der Waals surface area contributed by atoms with Crippen LogP contribution in [0.1, 0.15) is 18.1 Å². The number of rotatable bonds is 7. The third-order valence-corrected chi connectivity index (χ3v) is 3.69. The van der Waals surface area contributed by atoms with Crippen molar-refractivity contribution >= 4 is 17.6 Å². The SMILES string of the molecule is CCOC(=O)C(F)(F)c1ccc(Cl)c(OCc2ccc(OC)cc2)c1. The first kappa shape index (κ1) is 19.0. The lowest BCUT2D eigenvalue weighted by Crippen LogP contribution is -2.28. The average molecular weight is 371 g/mol. The zero-order valence-electron chi connectivity index (χ0n) is 13.7. The second kappa shape index (κ2) is 8.16. The van der Waals surface area contributed by atoms with Gasteiger partial charge in [-0.3, -0.25) is 0 Å². The molecule has 0 aromatic heterocycles. The summed E-state index contributed by atoms with van der Waals surface area (Å²) in [6, 6.07) is 10.4. The van der Waals surface area contributed by atoms with Gasteiger partial charge in [-0.05, 0) is 36.8 Å². The summed E-state index contributed by atoms with van der Waals surface area (Å²) in [7, 11) is 1.56. The summed E-state index contributed by atoms with van der Waals surface area (Å²) in [5.41, 5.74) is 0.263. The van der Waals surface area contributed by atoms with Crippen LogP contribution < -0.4 is 9.47 Å². The van der Waals surface area contributed by atoms with E-state index in [4.69, 9.17) is 21.1 Å². The van der Waals surface area contributed by atoms with E-state index in [0.717, 1.165) is 17.7 Å². The molecule has 0 aliphatic rings. The van der Waals surface area contributed by atoms with Crippen molar-refractivity contribution in [1.82, 2.24) is 0 Å². The van der Waals surface area contributed by atoms with Crippen molar-refractivity contribution in [1.29, 1.82) is 0 Å². The van der Waals surface area contributed by atoms with Crippen LogP contribution in [0, 0.1) is 0 Å². The van der Waals surface area contributed by atoms with E-state index >= 15 is 0 Å². The summed E-state index contributed by atoms with van der Waals surface area (Å²) in [5, 5.41) is 0.164. The van der Waals surface area contributed by atoms with Gasteiger partial charge in [0.25, 0.3) is 0 Å². The predicted molar refractivity (Wildman–Crippen MR) is 89.3 cm³/mol. The topological polar surface area (TPSA) is 44.8 Å². The van der Waals surface area contributed by atoms with Crippen LogP contribution in [-0.2, 0) is 22.1 Å². The maximum Gasteiger partial charge on any atom is 0.381 e. The van der Waals surface area contributed by atoms with Crippen LogP contribution in [0.5, 0.6) is 11.5 Å². The molecule has 0 unspecified atom stereocenters. The molecule has 0 aliphatic carbocycles. The second-order valence-corrected chi connectivity index (χ2v) is 5.48. The lowest BCUT2D eigenvalue weighted by atomic mass is 10.1. The van der Waals surface area contributed by atoms with Gasteiger partial charge in [-0.1, -0.05) is 29.8 Å². The van der Waals surface area contributed by atoms with Gasteiger partial charge in [-0.15, -0.1) is 0 Å². The van der Waals surface area contributed by atoms with E-state index in [9.17, 15) is 13.6 Å². The molecule has 2 rings (SSSR count). The van der Waals surface area contributed by atoms with E-state index in [0.29, 0.717) is 5.75 Å². The first-order valence-corrected chi connectivity index (χ1v) is 7.87. The fourth-order valence-electron chi connectivity index (χ4n) is 2.03. The Morgan fingerprint density at radius 1 is 1.16 bits per heavy atom. The van der Waals surface area contributed by atoms with Crippen LogP contribution in [0.25, 0.3) is 0 Å². The van der Waals surface area contributed by atoms with Crippen LogP contribution >= 0.6 is 11.6 Å². The summed E-state index contributed by atoms with van der Waals surface area (Å²) >= 11 is 5.99. The Morgan fingerprint density at radius 3 is 2.44 bits per heavy atom. The molecule has 7 heteroatoms. The van der Waals surface area contributed by atoms with Crippen molar-refractivity contribution in [3.8, 4) is 11.5 Å². The van der Waals surface area contributed by atoms with Crippen LogP contribution in [-0.4, -0.2) is 19.7 Å². The minimum absolute atomic E-state index is 0.0546. The molecule has 0 amide bonds. The number of alkyl halides is 2. The van der Waals surface area contributed by atoms with Gasteiger partial charge in [-0.25, -0.2) is 4.79 Å². The Bertz CT molecular complexity index is 732. The van der Waals surface area contributed by atoms with Gasteiger partial charge in [-0.2, -0.15) is 8.78 Å².